The SMILES string of the molecule is CN[C@@H](Cc1ccc(C2N=NNN2)cc1)C(C)=O. The van der Waals surface area contributed by atoms with Gasteiger partial charge in [0.1, 0.15) is 5.78 Å². The van der Waals surface area contributed by atoms with E-state index in [0.717, 1.165) is 11.1 Å². The lowest BCUT2D eigenvalue weighted by Gasteiger charge is -2.13. The van der Waals surface area contributed by atoms with Crippen LogP contribution in [0.3, 0.4) is 0 Å². The van der Waals surface area contributed by atoms with Gasteiger partial charge in [-0.2, -0.15) is 5.43 Å². The molecule has 6 heteroatoms. The van der Waals surface area contributed by atoms with Crippen molar-refractivity contribution in [2.24, 2.45) is 10.3 Å². The topological polar surface area (TPSA) is 77.9 Å². The number of Topliss-reactive ketones (excluding diaryl/α,β-unsaturated/α-hetero) is 1. The Kier molecular flexibility index (Phi) is 4.01. The van der Waals surface area contributed by atoms with E-state index in [0.29, 0.717) is 6.42 Å². The predicted molar refractivity (Wildman–Crippen MR) is 67.5 cm³/mol. The average Bonchev–Trinajstić information content (AvgIpc) is 2.90. The number of likely N-dealkylation sites (N-methyl/N-ethyl adjacent to an activating group) is 1. The number of rotatable bonds is 5. The molecule has 18 heavy (non-hydrogen) atoms. The summed E-state index contributed by atoms with van der Waals surface area (Å²) in [6.45, 7) is 1.60. The molecule has 0 aromatic heterocycles. The van der Waals surface area contributed by atoms with Crippen LogP contribution in [-0.2, 0) is 11.2 Å². The summed E-state index contributed by atoms with van der Waals surface area (Å²) in [6.07, 6.45) is 0.566. The van der Waals surface area contributed by atoms with Gasteiger partial charge in [0.2, 0.25) is 0 Å². The van der Waals surface area contributed by atoms with Crippen LogP contribution in [0.15, 0.2) is 34.6 Å². The number of ketones is 1. The van der Waals surface area contributed by atoms with Crippen LogP contribution in [0.5, 0.6) is 0 Å². The molecular weight excluding hydrogens is 230 g/mol. The third-order valence-corrected chi connectivity index (χ3v) is 3.00. The maximum absolute atomic E-state index is 11.3. The molecule has 2 rings (SSSR count). The Morgan fingerprint density at radius 2 is 2.17 bits per heavy atom. The molecule has 0 saturated carbocycles. The molecule has 0 bridgehead atoms. The number of benzene rings is 1. The summed E-state index contributed by atoms with van der Waals surface area (Å²) in [5.74, 6) is 0.150. The Hall–Kier alpha value is -1.79. The fraction of sp³-hybridized carbons (Fsp3) is 0.417. The highest BCUT2D eigenvalue weighted by Gasteiger charge is 2.15. The third-order valence-electron chi connectivity index (χ3n) is 3.00. The van der Waals surface area contributed by atoms with Gasteiger partial charge in [-0.25, -0.2) is 5.53 Å². The van der Waals surface area contributed by atoms with E-state index in [9.17, 15) is 4.79 Å². The smallest absolute Gasteiger partial charge is 0.166 e. The Morgan fingerprint density at radius 3 is 2.67 bits per heavy atom. The first kappa shape index (κ1) is 12.7. The molecule has 1 aliphatic heterocycles. The summed E-state index contributed by atoms with van der Waals surface area (Å²) in [5, 5.41) is 10.6. The highest BCUT2D eigenvalue weighted by Crippen LogP contribution is 2.17. The number of hydrogen-bond donors (Lipinski definition) is 3. The maximum atomic E-state index is 11.3. The minimum Gasteiger partial charge on any atom is -0.310 e. The van der Waals surface area contributed by atoms with Crippen molar-refractivity contribution in [3.63, 3.8) is 0 Å². The summed E-state index contributed by atoms with van der Waals surface area (Å²) >= 11 is 0. The number of carbonyl (C=O) groups is 1. The first-order valence-electron chi connectivity index (χ1n) is 5.87. The van der Waals surface area contributed by atoms with Gasteiger partial charge in [0, 0.05) is 0 Å². The summed E-state index contributed by atoms with van der Waals surface area (Å²) in [5.41, 5.74) is 7.67. The average molecular weight is 247 g/mol. The molecule has 6 nitrogen and oxygen atoms in total. The van der Waals surface area contributed by atoms with Crippen LogP contribution < -0.4 is 16.3 Å². The fourth-order valence-corrected chi connectivity index (χ4v) is 1.88. The molecule has 0 spiro atoms. The van der Waals surface area contributed by atoms with Crippen molar-refractivity contribution in [1.82, 2.24) is 16.3 Å². The van der Waals surface area contributed by atoms with Crippen LogP contribution in [0.1, 0.15) is 24.2 Å². The highest BCUT2D eigenvalue weighted by molar-refractivity contribution is 5.81. The molecule has 96 valence electrons. The summed E-state index contributed by atoms with van der Waals surface area (Å²) in [7, 11) is 1.80. The Morgan fingerprint density at radius 1 is 1.44 bits per heavy atom. The lowest BCUT2D eigenvalue weighted by molar-refractivity contribution is -0.118. The molecule has 3 N–H and O–H groups in total. The van der Waals surface area contributed by atoms with Crippen molar-refractivity contribution in [1.29, 1.82) is 0 Å². The van der Waals surface area contributed by atoms with E-state index < -0.39 is 0 Å². The van der Waals surface area contributed by atoms with E-state index in [-0.39, 0.29) is 18.0 Å². The van der Waals surface area contributed by atoms with Gasteiger partial charge in [-0.1, -0.05) is 29.5 Å². The predicted octanol–water partition coefficient (Wildman–Crippen LogP) is 0.880. The molecule has 0 aliphatic carbocycles. The molecule has 1 aromatic rings. The molecule has 0 amide bonds. The maximum Gasteiger partial charge on any atom is 0.166 e. The number of nitrogens with zero attached hydrogens (tertiary/aromatic N) is 2. The van der Waals surface area contributed by atoms with Gasteiger partial charge in [-0.05, 0) is 31.5 Å². The van der Waals surface area contributed by atoms with E-state index >= 15 is 0 Å². The zero-order chi connectivity index (χ0) is 13.0. The van der Waals surface area contributed by atoms with Gasteiger partial charge in [0.15, 0.2) is 6.17 Å². The van der Waals surface area contributed by atoms with Crippen LogP contribution in [0, 0.1) is 0 Å². The van der Waals surface area contributed by atoms with Crippen molar-refractivity contribution >= 4 is 5.78 Å². The van der Waals surface area contributed by atoms with Crippen LogP contribution in [0.2, 0.25) is 0 Å². The Labute approximate surface area is 106 Å². The summed E-state index contributed by atoms with van der Waals surface area (Å²) in [4.78, 5) is 11.3. The molecular formula is C12H17N5O. The van der Waals surface area contributed by atoms with Crippen molar-refractivity contribution in [2.45, 2.75) is 25.6 Å². The number of hydrazine groups is 1. The van der Waals surface area contributed by atoms with Gasteiger partial charge >= 0.3 is 0 Å². The van der Waals surface area contributed by atoms with Gasteiger partial charge < -0.3 is 5.32 Å². The fourth-order valence-electron chi connectivity index (χ4n) is 1.88. The molecule has 1 unspecified atom stereocenters. The minimum atomic E-state index is -0.132. The second-order valence-electron chi connectivity index (χ2n) is 4.27. The molecule has 0 radical (unpaired) electrons. The van der Waals surface area contributed by atoms with E-state index in [4.69, 9.17) is 0 Å². The highest BCUT2D eigenvalue weighted by atomic mass is 16.1. The first-order valence-corrected chi connectivity index (χ1v) is 5.87. The lowest BCUT2D eigenvalue weighted by atomic mass is 10.0. The van der Waals surface area contributed by atoms with Crippen LogP contribution >= 0.6 is 0 Å². The monoisotopic (exact) mass is 247 g/mol. The number of hydrogen-bond acceptors (Lipinski definition) is 6. The second kappa shape index (κ2) is 5.70. The Balaban J connectivity index is 2.03. The standard InChI is InChI=1S/C12H17N5O/c1-8(18)11(13-2)7-9-3-5-10(6-4-9)12-14-16-17-15-12/h3-6,11-13H,7H2,1-2H3,(H,14,17)(H,15,16)/t11-/m0/s1. The van der Waals surface area contributed by atoms with Crippen molar-refractivity contribution in [2.75, 3.05) is 7.05 Å². The lowest BCUT2D eigenvalue weighted by Crippen LogP contribution is -2.34. The Bertz CT molecular complexity index is 442. The van der Waals surface area contributed by atoms with Crippen LogP contribution in [0.25, 0.3) is 0 Å². The van der Waals surface area contributed by atoms with Gasteiger partial charge in [0.05, 0.1) is 6.04 Å². The molecule has 0 fully saturated rings. The van der Waals surface area contributed by atoms with E-state index in [1.807, 2.05) is 24.3 Å². The molecule has 1 heterocycles. The van der Waals surface area contributed by atoms with Crippen LogP contribution in [0.4, 0.5) is 0 Å². The van der Waals surface area contributed by atoms with Crippen molar-refractivity contribution in [3.8, 4) is 0 Å². The van der Waals surface area contributed by atoms with E-state index in [1.54, 1.807) is 14.0 Å². The quantitative estimate of drug-likeness (QED) is 0.721. The zero-order valence-electron chi connectivity index (χ0n) is 10.5. The summed E-state index contributed by atoms with van der Waals surface area (Å²) in [6, 6.07) is 7.88. The van der Waals surface area contributed by atoms with Gasteiger partial charge in [-0.3, -0.25) is 4.79 Å². The largest absolute Gasteiger partial charge is 0.310 e. The normalized spacial score (nSPS) is 19.6. The molecule has 2 atom stereocenters. The second-order valence-corrected chi connectivity index (χ2v) is 4.27. The van der Waals surface area contributed by atoms with E-state index in [2.05, 4.69) is 26.6 Å². The minimum absolute atomic E-state index is 0.123. The molecule has 1 aromatic carbocycles. The van der Waals surface area contributed by atoms with Crippen LogP contribution in [-0.4, -0.2) is 18.9 Å². The number of nitrogens with one attached hydrogen (secondary N) is 3. The van der Waals surface area contributed by atoms with E-state index in [1.165, 1.54) is 0 Å². The number of carbonyl (C=O) groups excluding carboxylic acids is 1. The summed E-state index contributed by atoms with van der Waals surface area (Å²) < 4.78 is 0. The third kappa shape index (κ3) is 2.91. The van der Waals surface area contributed by atoms with Crippen molar-refractivity contribution < 1.29 is 4.79 Å². The first-order chi connectivity index (χ1) is 8.70. The van der Waals surface area contributed by atoms with Gasteiger partial charge in [0.25, 0.3) is 0 Å². The molecule has 1 aliphatic rings. The van der Waals surface area contributed by atoms with Gasteiger partial charge in [-0.15, -0.1) is 5.11 Å². The van der Waals surface area contributed by atoms with Crippen molar-refractivity contribution in [3.05, 3.63) is 35.4 Å². The molecule has 0 saturated heterocycles. The zero-order valence-corrected chi connectivity index (χ0v) is 10.5.